The van der Waals surface area contributed by atoms with Gasteiger partial charge in [0.25, 0.3) is 0 Å². The van der Waals surface area contributed by atoms with Crippen LogP contribution in [0.2, 0.25) is 0 Å². The molecule has 2 nitrogen and oxygen atoms in total. The summed E-state index contributed by atoms with van der Waals surface area (Å²) < 4.78 is 11.9. The molecule has 1 N–H and O–H groups in total. The molecule has 42 valence electrons. The van der Waals surface area contributed by atoms with Crippen molar-refractivity contribution in [1.29, 1.82) is 5.53 Å². The van der Waals surface area contributed by atoms with Crippen LogP contribution in [-0.4, -0.2) is 12.2 Å². The van der Waals surface area contributed by atoms with Gasteiger partial charge in [-0.25, -0.2) is 9.92 Å². The molecular weight excluding hydrogens is 95.1 g/mol. The smallest absolute Gasteiger partial charge is 0.121 e. The van der Waals surface area contributed by atoms with E-state index >= 15 is 0 Å². The zero-order valence-electron chi connectivity index (χ0n) is 4.48. The topological polar surface area (TPSA) is 36.2 Å². The molecule has 0 radical (unpaired) electrons. The minimum absolute atomic E-state index is 0.472. The normalized spacial score (nSPS) is 18.1. The number of hydrogen-bond acceptors (Lipinski definition) is 2. The van der Waals surface area contributed by atoms with Crippen molar-refractivity contribution in [1.82, 2.24) is 0 Å². The van der Waals surface area contributed by atoms with Gasteiger partial charge in [-0.05, 0) is 13.8 Å². The lowest BCUT2D eigenvalue weighted by Crippen LogP contribution is -2.09. The van der Waals surface area contributed by atoms with E-state index < -0.39 is 12.2 Å². The second-order valence-electron chi connectivity index (χ2n) is 1.55. The molecule has 0 saturated carbocycles. The van der Waals surface area contributed by atoms with Gasteiger partial charge in [-0.1, -0.05) is 0 Å². The average Bonchev–Trinajstić information content (AvgIpc) is 1.65. The SMILES string of the molecule is CC(F)C(C)N=N. The van der Waals surface area contributed by atoms with Crippen molar-refractivity contribution in [2.75, 3.05) is 0 Å². The summed E-state index contributed by atoms with van der Waals surface area (Å²) in [7, 11) is 0. The fraction of sp³-hybridized carbons (Fsp3) is 1.00. The summed E-state index contributed by atoms with van der Waals surface area (Å²) in [6, 6.07) is -0.472. The molecule has 0 spiro atoms. The van der Waals surface area contributed by atoms with Crippen molar-refractivity contribution in [3.05, 3.63) is 0 Å². The third kappa shape index (κ3) is 2.25. The average molecular weight is 104 g/mol. The Morgan fingerprint density at radius 1 is 1.57 bits per heavy atom. The van der Waals surface area contributed by atoms with E-state index in [1.165, 1.54) is 6.92 Å². The summed E-state index contributed by atoms with van der Waals surface area (Å²) in [5.41, 5.74) is 6.32. The van der Waals surface area contributed by atoms with Crippen molar-refractivity contribution >= 4 is 0 Å². The number of rotatable bonds is 2. The fourth-order valence-electron chi connectivity index (χ4n) is 0.103. The van der Waals surface area contributed by atoms with Crippen molar-refractivity contribution < 1.29 is 4.39 Å². The maximum absolute atomic E-state index is 11.9. The molecule has 0 bridgehead atoms. The van der Waals surface area contributed by atoms with E-state index in [0.29, 0.717) is 0 Å². The molecule has 0 aliphatic rings. The number of hydrogen-bond donors (Lipinski definition) is 1. The summed E-state index contributed by atoms with van der Waals surface area (Å²) in [5, 5.41) is 2.96. The lowest BCUT2D eigenvalue weighted by Gasteiger charge is -2.01. The van der Waals surface area contributed by atoms with Crippen LogP contribution in [-0.2, 0) is 0 Å². The van der Waals surface area contributed by atoms with Gasteiger partial charge in [0.15, 0.2) is 0 Å². The first-order valence-corrected chi connectivity index (χ1v) is 2.19. The molecule has 0 aromatic rings. The lowest BCUT2D eigenvalue weighted by molar-refractivity contribution is 0.310. The number of nitrogens with zero attached hydrogens (tertiary/aromatic N) is 1. The maximum atomic E-state index is 11.9. The van der Waals surface area contributed by atoms with Crippen LogP contribution in [0.3, 0.4) is 0 Å². The molecule has 0 amide bonds. The van der Waals surface area contributed by atoms with E-state index in [-0.39, 0.29) is 0 Å². The summed E-state index contributed by atoms with van der Waals surface area (Å²) in [6.07, 6.45) is -0.988. The van der Waals surface area contributed by atoms with Crippen molar-refractivity contribution in [3.8, 4) is 0 Å². The maximum Gasteiger partial charge on any atom is 0.121 e. The van der Waals surface area contributed by atoms with Gasteiger partial charge in [-0.3, -0.25) is 0 Å². The molecule has 0 aromatic heterocycles. The zero-order chi connectivity index (χ0) is 5.86. The van der Waals surface area contributed by atoms with Gasteiger partial charge < -0.3 is 0 Å². The Labute approximate surface area is 42.2 Å². The van der Waals surface area contributed by atoms with Gasteiger partial charge in [-0.2, -0.15) is 5.11 Å². The Kier molecular flexibility index (Phi) is 2.48. The van der Waals surface area contributed by atoms with Crippen LogP contribution in [0.4, 0.5) is 4.39 Å². The summed E-state index contributed by atoms with van der Waals surface area (Å²) in [4.78, 5) is 0. The second-order valence-corrected chi connectivity index (χ2v) is 1.55. The van der Waals surface area contributed by atoms with Crippen molar-refractivity contribution in [2.45, 2.75) is 26.1 Å². The first-order chi connectivity index (χ1) is 3.18. The Morgan fingerprint density at radius 3 is 2.00 bits per heavy atom. The van der Waals surface area contributed by atoms with E-state index in [2.05, 4.69) is 5.11 Å². The Balaban J connectivity index is 3.33. The largest absolute Gasteiger partial charge is 0.245 e. The molecule has 2 unspecified atom stereocenters. The predicted molar refractivity (Wildman–Crippen MR) is 25.2 cm³/mol. The quantitative estimate of drug-likeness (QED) is 0.518. The summed E-state index contributed by atoms with van der Waals surface area (Å²) in [5.74, 6) is 0. The molecule has 0 aliphatic carbocycles. The summed E-state index contributed by atoms with van der Waals surface area (Å²) >= 11 is 0. The van der Waals surface area contributed by atoms with E-state index in [1.54, 1.807) is 6.92 Å². The van der Waals surface area contributed by atoms with E-state index in [0.717, 1.165) is 0 Å². The van der Waals surface area contributed by atoms with Crippen molar-refractivity contribution in [3.63, 3.8) is 0 Å². The van der Waals surface area contributed by atoms with Crippen LogP contribution in [0.25, 0.3) is 0 Å². The van der Waals surface area contributed by atoms with Gasteiger partial charge in [0.05, 0.1) is 6.04 Å². The highest BCUT2D eigenvalue weighted by Crippen LogP contribution is 1.99. The third-order valence-electron chi connectivity index (χ3n) is 0.868. The molecule has 0 heterocycles. The van der Waals surface area contributed by atoms with Gasteiger partial charge >= 0.3 is 0 Å². The molecule has 0 fully saturated rings. The molecule has 0 saturated heterocycles. The standard InChI is InChI=1S/C4H9FN2/c1-3(5)4(2)7-6/h3-4,6H,1-2H3. The number of halogens is 1. The van der Waals surface area contributed by atoms with Crippen molar-refractivity contribution in [2.24, 2.45) is 5.11 Å². The molecule has 2 atom stereocenters. The predicted octanol–water partition coefficient (Wildman–Crippen LogP) is 1.76. The van der Waals surface area contributed by atoms with Crippen LogP contribution < -0.4 is 0 Å². The number of nitrogens with one attached hydrogen (secondary N) is 1. The Bertz CT molecular complexity index is 62.7. The third-order valence-corrected chi connectivity index (χ3v) is 0.868. The monoisotopic (exact) mass is 104 g/mol. The molecule has 3 heteroatoms. The second kappa shape index (κ2) is 2.66. The molecule has 7 heavy (non-hydrogen) atoms. The highest BCUT2D eigenvalue weighted by Gasteiger charge is 2.06. The zero-order valence-corrected chi connectivity index (χ0v) is 4.48. The lowest BCUT2D eigenvalue weighted by atomic mass is 10.2. The van der Waals surface area contributed by atoms with Gasteiger partial charge in [0, 0.05) is 0 Å². The van der Waals surface area contributed by atoms with Crippen LogP contribution in [0.1, 0.15) is 13.8 Å². The minimum Gasteiger partial charge on any atom is -0.245 e. The molecule has 0 rings (SSSR count). The highest BCUT2D eigenvalue weighted by atomic mass is 19.1. The van der Waals surface area contributed by atoms with Crippen LogP contribution in [0, 0.1) is 5.53 Å². The van der Waals surface area contributed by atoms with Crippen LogP contribution >= 0.6 is 0 Å². The van der Waals surface area contributed by atoms with E-state index in [1.807, 2.05) is 0 Å². The molecule has 0 aromatic carbocycles. The van der Waals surface area contributed by atoms with Gasteiger partial charge in [0.1, 0.15) is 6.17 Å². The van der Waals surface area contributed by atoms with Crippen LogP contribution in [0.5, 0.6) is 0 Å². The highest BCUT2D eigenvalue weighted by molar-refractivity contribution is 4.61. The molecule has 0 aliphatic heterocycles. The van der Waals surface area contributed by atoms with Gasteiger partial charge in [-0.15, -0.1) is 0 Å². The fourth-order valence-corrected chi connectivity index (χ4v) is 0.103. The van der Waals surface area contributed by atoms with E-state index in [4.69, 9.17) is 5.53 Å². The minimum atomic E-state index is -0.988. The van der Waals surface area contributed by atoms with E-state index in [9.17, 15) is 4.39 Å². The Morgan fingerprint density at radius 2 is 2.00 bits per heavy atom. The molecular formula is C4H9FN2. The first-order valence-electron chi connectivity index (χ1n) is 2.19. The van der Waals surface area contributed by atoms with Crippen LogP contribution in [0.15, 0.2) is 5.11 Å². The number of alkyl halides is 1. The summed E-state index contributed by atoms with van der Waals surface area (Å²) in [6.45, 7) is 2.96. The van der Waals surface area contributed by atoms with Gasteiger partial charge in [0.2, 0.25) is 0 Å². The first kappa shape index (κ1) is 6.53. The Hall–Kier alpha value is -0.470.